The number of hydrogen-bond acceptors (Lipinski definition) is 12. The number of amides is 2. The minimum Gasteiger partial charge on any atom is -0.492 e. The first-order valence-corrected chi connectivity index (χ1v) is 24.2. The molecule has 6 rings (SSSR count). The van der Waals surface area contributed by atoms with Crippen LogP contribution in [0, 0.1) is 5.82 Å². The van der Waals surface area contributed by atoms with E-state index in [2.05, 4.69) is 31.9 Å². The van der Waals surface area contributed by atoms with Gasteiger partial charge >= 0.3 is 17.5 Å². The van der Waals surface area contributed by atoms with E-state index >= 15 is 0 Å². The average Bonchev–Trinajstić information content (AvgIpc) is 3.79. The molecule has 0 radical (unpaired) electrons. The van der Waals surface area contributed by atoms with E-state index < -0.39 is 79.4 Å². The fourth-order valence-electron chi connectivity index (χ4n) is 5.58. The Morgan fingerprint density at radius 3 is 1.63 bits per heavy atom. The molecule has 0 bridgehead atoms. The number of alkyl halides is 7. The maximum Gasteiger partial charge on any atom is 0.416 e. The van der Waals surface area contributed by atoms with Crippen molar-refractivity contribution < 1.29 is 73.8 Å². The Bertz CT molecular complexity index is 2440. The van der Waals surface area contributed by atoms with Gasteiger partial charge in [-0.2, -0.15) is 30.7 Å². The van der Waals surface area contributed by atoms with Crippen molar-refractivity contribution in [2.24, 2.45) is 16.6 Å². The lowest BCUT2D eigenvalue weighted by Crippen LogP contribution is -2.12. The number of carbonyl (C=O) groups excluding carboxylic acids is 2. The summed E-state index contributed by atoms with van der Waals surface area (Å²) < 4.78 is 121. The van der Waals surface area contributed by atoms with Crippen LogP contribution in [0.4, 0.5) is 35.1 Å². The molecule has 62 heavy (non-hydrogen) atoms. The molecule has 0 atom stereocenters. The Labute approximate surface area is 379 Å². The van der Waals surface area contributed by atoms with Crippen molar-refractivity contribution in [3.05, 3.63) is 89.2 Å². The lowest BCUT2D eigenvalue weighted by atomic mass is 10.1. The highest BCUT2D eigenvalue weighted by atomic mass is 79.9. The van der Waals surface area contributed by atoms with Crippen molar-refractivity contribution in [3.63, 3.8) is 0 Å². The normalized spacial score (nSPS) is 13.8. The van der Waals surface area contributed by atoms with Gasteiger partial charge in [-0.3, -0.25) is 14.7 Å². The molecule has 1 aliphatic rings. The van der Waals surface area contributed by atoms with E-state index in [0.717, 1.165) is 49.9 Å². The van der Waals surface area contributed by atoms with E-state index in [4.69, 9.17) is 45.7 Å². The van der Waals surface area contributed by atoms with Gasteiger partial charge in [0.2, 0.25) is 28.6 Å². The number of hydrogen-bond donors (Lipinski definition) is 7. The molecule has 2 aromatic heterocycles. The number of nitrogens with two attached hydrogens (primary N) is 3. The zero-order valence-electron chi connectivity index (χ0n) is 31.8. The first-order chi connectivity index (χ1) is 28.8. The largest absolute Gasteiger partial charge is 0.492 e. The van der Waals surface area contributed by atoms with Gasteiger partial charge in [-0.15, -0.1) is 22.7 Å². The van der Waals surface area contributed by atoms with E-state index in [-0.39, 0.29) is 46.4 Å². The summed E-state index contributed by atoms with van der Waals surface area (Å²) in [6.07, 6.45) is -1.15. The summed E-state index contributed by atoms with van der Waals surface area (Å²) in [4.78, 5) is 58.4. The van der Waals surface area contributed by atoms with E-state index in [9.17, 15) is 44.7 Å². The number of carbonyl (C=O) groups is 2. The molecule has 5 aromatic rings. The molecule has 0 saturated heterocycles. The van der Waals surface area contributed by atoms with Gasteiger partial charge in [-0.1, -0.05) is 31.9 Å². The van der Waals surface area contributed by atoms with Crippen LogP contribution in [0.2, 0.25) is 0 Å². The van der Waals surface area contributed by atoms with Gasteiger partial charge in [-0.25, -0.2) is 4.39 Å². The van der Waals surface area contributed by atoms with Crippen LogP contribution in [0.1, 0.15) is 81.1 Å². The monoisotopic (exact) mass is 1100 g/mol. The molecule has 0 aliphatic heterocycles. The molecule has 2 heterocycles. The summed E-state index contributed by atoms with van der Waals surface area (Å²) in [7, 11) is -7.24. The molecule has 0 spiro atoms. The first kappa shape index (κ1) is 52.2. The predicted octanol–water partition coefficient (Wildman–Crippen LogP) is 11.3. The number of benzene rings is 3. The number of ether oxygens (including phenoxy) is 2. The van der Waals surface area contributed by atoms with Crippen LogP contribution in [-0.4, -0.2) is 42.7 Å². The van der Waals surface area contributed by atoms with Crippen molar-refractivity contribution in [2.45, 2.75) is 68.4 Å². The molecule has 10 N–H and O–H groups in total. The van der Waals surface area contributed by atoms with Crippen molar-refractivity contribution >= 4 is 115 Å². The summed E-state index contributed by atoms with van der Waals surface area (Å²) in [5, 5.41) is 5.99. The van der Waals surface area contributed by atoms with Crippen molar-refractivity contribution in [1.29, 1.82) is 0 Å². The summed E-state index contributed by atoms with van der Waals surface area (Å²) in [6, 6.07) is 6.97. The maximum atomic E-state index is 14.3. The van der Waals surface area contributed by atoms with Crippen molar-refractivity contribution in [2.75, 3.05) is 6.61 Å². The molecule has 0 unspecified atom stereocenters. The number of halogens is 10. The SMILES string of the molecule is CC.NC(=O)c1cc(OCc2ccc(F)cc2C(F)(F)F)c2sc(C(F)(F)P(O)O)c(Br)c2c1.NSC1(CCCOc2cc(C(N)=O)cc3c(Br)c(C(F)(F)P(O)O)sc23)CC1. The molecule has 3 aromatic carbocycles. The third-order valence-corrected chi connectivity index (χ3v) is 16.5. The number of primary amides is 2. The third kappa shape index (κ3) is 11.7. The van der Waals surface area contributed by atoms with Crippen LogP contribution in [0.3, 0.4) is 0 Å². The van der Waals surface area contributed by atoms with Gasteiger partial charge in [0.15, 0.2) is 0 Å². The lowest BCUT2D eigenvalue weighted by Gasteiger charge is -2.15. The van der Waals surface area contributed by atoms with Gasteiger partial charge in [0, 0.05) is 41.2 Å². The number of rotatable bonds is 15. The van der Waals surface area contributed by atoms with Crippen molar-refractivity contribution in [1.82, 2.24) is 0 Å². The average molecular weight is 1110 g/mol. The zero-order chi connectivity index (χ0) is 46.7. The predicted molar refractivity (Wildman–Crippen MR) is 232 cm³/mol. The molecule has 11 nitrogen and oxygen atoms in total. The zero-order valence-corrected chi connectivity index (χ0v) is 39.2. The fraction of sp³-hybridized carbons (Fsp3) is 0.333. The van der Waals surface area contributed by atoms with E-state index in [1.165, 1.54) is 24.1 Å². The molecule has 26 heteroatoms. The summed E-state index contributed by atoms with van der Waals surface area (Å²) in [6.45, 7) is 3.59. The van der Waals surface area contributed by atoms with Gasteiger partial charge in [-0.05, 0) is 93.9 Å². The Hall–Kier alpha value is -2.47. The topological polar surface area (TPSA) is 212 Å². The van der Waals surface area contributed by atoms with Gasteiger partial charge in [0.1, 0.15) is 23.9 Å². The Morgan fingerprint density at radius 1 is 0.790 bits per heavy atom. The second-order valence-electron chi connectivity index (χ2n) is 12.9. The Kier molecular flexibility index (Phi) is 17.5. The second-order valence-corrected chi connectivity index (χ2v) is 19.9. The minimum atomic E-state index is -4.88. The molecular formula is C36H35Br2F8N3O8P2S3. The quantitative estimate of drug-likeness (QED) is 0.0228. The lowest BCUT2D eigenvalue weighted by molar-refractivity contribution is -0.138. The first-order valence-electron chi connectivity index (χ1n) is 17.6. The highest BCUT2D eigenvalue weighted by molar-refractivity contribution is 9.11. The van der Waals surface area contributed by atoms with Gasteiger partial charge in [0.25, 0.3) is 0 Å². The van der Waals surface area contributed by atoms with E-state index in [0.29, 0.717) is 45.4 Å². The molecule has 1 aliphatic carbocycles. The smallest absolute Gasteiger partial charge is 0.416 e. The van der Waals surface area contributed by atoms with Crippen LogP contribution in [0.15, 0.2) is 51.4 Å². The van der Waals surface area contributed by atoms with E-state index in [1.807, 2.05) is 13.8 Å². The molecule has 2 amide bonds. The third-order valence-electron chi connectivity index (χ3n) is 8.86. The summed E-state index contributed by atoms with van der Waals surface area (Å²) in [5.41, 5.74) is 0.943. The molecule has 340 valence electrons. The second kappa shape index (κ2) is 20.8. The van der Waals surface area contributed by atoms with Gasteiger partial charge < -0.3 is 40.5 Å². The summed E-state index contributed by atoms with van der Waals surface area (Å²) in [5.74, 6) is -2.79. The van der Waals surface area contributed by atoms with Crippen LogP contribution >= 0.6 is 83.2 Å². The standard InChI is InChI=1S/C18H11BrF6NO4PS.C16H18BrF2N2O4PS2.C2H6/c19-13-10-3-8(16(26)27)4-12(14(10)32-15(13)18(24,25)31(28)29)30-6-7-1-2-9(20)5-11(7)17(21,22)23;17-11-9-6-8(14(20)22)7-10(25-5-1-2-15(28-21)3-4-15)12(9)27-13(11)16(18,19)26(23)24;1-2/h1-5,28-29H,6H2,(H2,26,27);6-7,23-24H,1-5,21H2,(H2,20,22);1-2H3. The minimum absolute atomic E-state index is 0.00276. The van der Waals surface area contributed by atoms with Crippen LogP contribution in [0.5, 0.6) is 11.5 Å². The van der Waals surface area contributed by atoms with E-state index in [1.54, 1.807) is 0 Å². The van der Waals surface area contributed by atoms with Gasteiger partial charge in [0.05, 0.1) is 31.3 Å². The highest BCUT2D eigenvalue weighted by Gasteiger charge is 2.46. The molecule has 1 fully saturated rings. The highest BCUT2D eigenvalue weighted by Crippen LogP contribution is 2.60. The Morgan fingerprint density at radius 2 is 1.24 bits per heavy atom. The molecular weight excluding hydrogens is 1070 g/mol. The van der Waals surface area contributed by atoms with Crippen LogP contribution in [-0.2, 0) is 24.1 Å². The number of fused-ring (bicyclic) bond motifs is 2. The fourth-order valence-corrected chi connectivity index (χ4v) is 11.7. The van der Waals surface area contributed by atoms with Crippen LogP contribution in [0.25, 0.3) is 20.2 Å². The maximum absolute atomic E-state index is 14.3. The summed E-state index contributed by atoms with van der Waals surface area (Å²) >= 11 is 8.46. The van der Waals surface area contributed by atoms with Crippen molar-refractivity contribution in [3.8, 4) is 11.5 Å². The van der Waals surface area contributed by atoms with Crippen LogP contribution < -0.4 is 26.1 Å². The molecule has 1 saturated carbocycles. The Balaban J connectivity index is 0.000000264. The number of thiophene rings is 2.